The molecular formula is C30H37F2N7. The van der Waals surface area contributed by atoms with Crippen LogP contribution in [0.25, 0.3) is 11.3 Å². The van der Waals surface area contributed by atoms with Crippen molar-refractivity contribution in [2.24, 2.45) is 16.8 Å². The number of aromatic nitrogens is 3. The van der Waals surface area contributed by atoms with E-state index in [1.807, 2.05) is 25.3 Å². The summed E-state index contributed by atoms with van der Waals surface area (Å²) in [5, 5.41) is 3.06. The number of hydrogen-bond acceptors (Lipinski definition) is 7. The lowest BCUT2D eigenvalue weighted by molar-refractivity contribution is 0.132. The topological polar surface area (TPSA) is 69.5 Å². The van der Waals surface area contributed by atoms with Gasteiger partial charge in [-0.15, -0.1) is 0 Å². The molecule has 206 valence electrons. The Morgan fingerprint density at radius 3 is 2.46 bits per heavy atom. The number of aliphatic imine (C=N–C) groups is 1. The Morgan fingerprint density at radius 1 is 1.00 bits per heavy atom. The molecule has 0 spiro atoms. The molecule has 4 heterocycles. The van der Waals surface area contributed by atoms with Crippen molar-refractivity contribution in [3.8, 4) is 11.3 Å². The van der Waals surface area contributed by atoms with E-state index in [2.05, 4.69) is 55.8 Å². The van der Waals surface area contributed by atoms with E-state index in [1.165, 1.54) is 6.07 Å². The first-order valence-electron chi connectivity index (χ1n) is 13.9. The van der Waals surface area contributed by atoms with Crippen molar-refractivity contribution in [1.29, 1.82) is 0 Å². The summed E-state index contributed by atoms with van der Waals surface area (Å²) in [6, 6.07) is 7.02. The fourth-order valence-electron chi connectivity index (χ4n) is 5.56. The molecule has 9 heteroatoms. The number of benzene rings is 1. The Labute approximate surface area is 229 Å². The zero-order valence-corrected chi connectivity index (χ0v) is 23.2. The maximum absolute atomic E-state index is 15.2. The smallest absolute Gasteiger partial charge is 0.229 e. The van der Waals surface area contributed by atoms with Crippen LogP contribution in [0.5, 0.6) is 0 Å². The van der Waals surface area contributed by atoms with Gasteiger partial charge in [-0.05, 0) is 67.5 Å². The number of rotatable bonds is 7. The van der Waals surface area contributed by atoms with Crippen LogP contribution in [-0.2, 0) is 13.0 Å². The molecule has 1 unspecified atom stereocenters. The molecule has 5 rings (SSSR count). The standard InChI is InChI=1S/C30H37F2N7/c1-5-38-10-12-39(13-11-38)18-21-6-9-27(33-16-21)36-30-34-17-26(32)29(37-30)23-14-22-7-8-24(19(2)3)20(4)35-28(22)25(31)15-23/h6,9,14-17,19,24H,5,7-8,10-13,18H2,1-4H3,(H,33,34,36,37). The molecule has 0 bridgehead atoms. The van der Waals surface area contributed by atoms with Gasteiger partial charge in [-0.2, -0.15) is 0 Å². The summed E-state index contributed by atoms with van der Waals surface area (Å²) in [5.41, 5.74) is 3.60. The molecule has 2 aromatic heterocycles. The van der Waals surface area contributed by atoms with Gasteiger partial charge in [0.15, 0.2) is 5.82 Å². The van der Waals surface area contributed by atoms with Crippen molar-refractivity contribution in [2.45, 2.75) is 47.1 Å². The maximum atomic E-state index is 15.2. The van der Waals surface area contributed by atoms with Gasteiger partial charge in [0.25, 0.3) is 0 Å². The highest BCUT2D eigenvalue weighted by Crippen LogP contribution is 2.36. The van der Waals surface area contributed by atoms with E-state index >= 15 is 4.39 Å². The number of piperazine rings is 1. The molecule has 1 saturated heterocycles. The van der Waals surface area contributed by atoms with Crippen LogP contribution in [0.4, 0.5) is 26.2 Å². The van der Waals surface area contributed by atoms with E-state index in [0.717, 1.165) is 68.7 Å². The van der Waals surface area contributed by atoms with Gasteiger partial charge in [-0.1, -0.05) is 26.8 Å². The molecule has 1 aromatic carbocycles. The van der Waals surface area contributed by atoms with Crippen LogP contribution < -0.4 is 5.32 Å². The average molecular weight is 534 g/mol. The lowest BCUT2D eigenvalue weighted by Crippen LogP contribution is -2.45. The van der Waals surface area contributed by atoms with Crippen molar-refractivity contribution in [3.63, 3.8) is 0 Å². The molecule has 0 aliphatic carbocycles. The Bertz CT molecular complexity index is 1330. The van der Waals surface area contributed by atoms with E-state index in [1.54, 1.807) is 6.07 Å². The molecule has 39 heavy (non-hydrogen) atoms. The molecule has 3 aromatic rings. The normalized spacial score (nSPS) is 18.5. The van der Waals surface area contributed by atoms with Crippen molar-refractivity contribution < 1.29 is 8.78 Å². The number of hydrogen-bond donors (Lipinski definition) is 1. The van der Waals surface area contributed by atoms with Crippen molar-refractivity contribution in [3.05, 3.63) is 59.4 Å². The summed E-state index contributed by atoms with van der Waals surface area (Å²) in [6.45, 7) is 14.7. The molecule has 0 radical (unpaired) electrons. The van der Waals surface area contributed by atoms with Gasteiger partial charge in [0, 0.05) is 50.2 Å². The maximum Gasteiger partial charge on any atom is 0.229 e. The summed E-state index contributed by atoms with van der Waals surface area (Å²) in [5.74, 6) is 0.387. The second kappa shape index (κ2) is 11.8. The summed E-state index contributed by atoms with van der Waals surface area (Å²) in [4.78, 5) is 22.5. The van der Waals surface area contributed by atoms with E-state index in [-0.39, 0.29) is 17.6 Å². The van der Waals surface area contributed by atoms with Gasteiger partial charge >= 0.3 is 0 Å². The number of halogens is 2. The highest BCUT2D eigenvalue weighted by Gasteiger charge is 2.24. The fraction of sp³-hybridized carbons (Fsp3) is 0.467. The Morgan fingerprint density at radius 2 is 1.77 bits per heavy atom. The number of likely N-dealkylation sites (N-methyl/N-ethyl adjacent to an activating group) is 1. The predicted molar refractivity (Wildman–Crippen MR) is 152 cm³/mol. The molecular weight excluding hydrogens is 496 g/mol. The van der Waals surface area contributed by atoms with Crippen LogP contribution in [0.3, 0.4) is 0 Å². The van der Waals surface area contributed by atoms with Crippen LogP contribution in [-0.4, -0.2) is 63.2 Å². The van der Waals surface area contributed by atoms with Crippen molar-refractivity contribution in [1.82, 2.24) is 24.8 Å². The number of anilines is 2. The lowest BCUT2D eigenvalue weighted by Gasteiger charge is -2.33. The monoisotopic (exact) mass is 533 g/mol. The van der Waals surface area contributed by atoms with Crippen molar-refractivity contribution in [2.75, 3.05) is 38.0 Å². The lowest BCUT2D eigenvalue weighted by atomic mass is 9.87. The molecule has 0 saturated carbocycles. The molecule has 1 atom stereocenters. The van der Waals surface area contributed by atoms with Crippen LogP contribution in [0.1, 0.15) is 45.2 Å². The van der Waals surface area contributed by atoms with Crippen LogP contribution >= 0.6 is 0 Å². The summed E-state index contributed by atoms with van der Waals surface area (Å²) < 4.78 is 30.1. The minimum Gasteiger partial charge on any atom is -0.309 e. The Hall–Kier alpha value is -3.30. The second-order valence-electron chi connectivity index (χ2n) is 10.9. The summed E-state index contributed by atoms with van der Waals surface area (Å²) >= 11 is 0. The molecule has 2 aliphatic rings. The van der Waals surface area contributed by atoms with Gasteiger partial charge in [0.05, 0.1) is 6.20 Å². The zero-order valence-electron chi connectivity index (χ0n) is 23.2. The molecule has 0 amide bonds. The third-order valence-corrected chi connectivity index (χ3v) is 7.90. The number of aryl methyl sites for hydroxylation is 1. The third kappa shape index (κ3) is 6.31. The zero-order chi connectivity index (χ0) is 27.5. The van der Waals surface area contributed by atoms with Gasteiger partial charge in [-0.3, -0.25) is 9.89 Å². The molecule has 2 aliphatic heterocycles. The second-order valence-corrected chi connectivity index (χ2v) is 10.9. The molecule has 1 fully saturated rings. The van der Waals surface area contributed by atoms with Gasteiger partial charge < -0.3 is 10.2 Å². The number of nitrogens with one attached hydrogen (secondary N) is 1. The summed E-state index contributed by atoms with van der Waals surface area (Å²) in [6.07, 6.45) is 4.49. The van der Waals surface area contributed by atoms with E-state index < -0.39 is 11.6 Å². The van der Waals surface area contributed by atoms with E-state index in [4.69, 9.17) is 0 Å². The van der Waals surface area contributed by atoms with Crippen LogP contribution in [0.2, 0.25) is 0 Å². The van der Waals surface area contributed by atoms with Gasteiger partial charge in [-0.25, -0.2) is 23.7 Å². The molecule has 7 nitrogen and oxygen atoms in total. The quantitative estimate of drug-likeness (QED) is 0.401. The number of nitrogens with zero attached hydrogens (tertiary/aromatic N) is 6. The summed E-state index contributed by atoms with van der Waals surface area (Å²) in [7, 11) is 0. The first-order chi connectivity index (χ1) is 18.8. The minimum absolute atomic E-state index is 0.0439. The van der Waals surface area contributed by atoms with Crippen molar-refractivity contribution >= 4 is 23.2 Å². The van der Waals surface area contributed by atoms with E-state index in [0.29, 0.717) is 29.4 Å². The van der Waals surface area contributed by atoms with Gasteiger partial charge in [0.1, 0.15) is 23.0 Å². The fourth-order valence-corrected chi connectivity index (χ4v) is 5.56. The minimum atomic E-state index is -0.611. The number of fused-ring (bicyclic) bond motifs is 1. The first-order valence-corrected chi connectivity index (χ1v) is 13.9. The largest absolute Gasteiger partial charge is 0.309 e. The molecule has 1 N–H and O–H groups in total. The number of pyridine rings is 1. The van der Waals surface area contributed by atoms with Gasteiger partial charge in [0.2, 0.25) is 5.95 Å². The SMILES string of the molecule is CCN1CCN(Cc2ccc(Nc3ncc(F)c(-c4cc(F)c5c(c4)CCC(C(C)C)C(C)=N5)n3)nc2)CC1. The van der Waals surface area contributed by atoms with E-state index in [9.17, 15) is 4.39 Å². The average Bonchev–Trinajstić information content (AvgIpc) is 3.10. The first kappa shape index (κ1) is 27.3. The van der Waals surface area contributed by atoms with Crippen LogP contribution in [0, 0.1) is 23.5 Å². The predicted octanol–water partition coefficient (Wildman–Crippen LogP) is 6.01. The highest BCUT2D eigenvalue weighted by atomic mass is 19.1. The highest BCUT2D eigenvalue weighted by molar-refractivity contribution is 5.88. The third-order valence-electron chi connectivity index (χ3n) is 7.90. The Balaban J connectivity index is 1.31. The van der Waals surface area contributed by atoms with Crippen LogP contribution in [0.15, 0.2) is 41.7 Å². The Kier molecular flexibility index (Phi) is 8.28.